The van der Waals surface area contributed by atoms with Crippen LogP contribution in [0.4, 0.5) is 0 Å². The van der Waals surface area contributed by atoms with Gasteiger partial charge >= 0.3 is 0 Å². The zero-order chi connectivity index (χ0) is 10.9. The first-order valence-electron chi connectivity index (χ1n) is 5.41. The number of aromatic nitrogens is 3. The molecule has 2 rings (SSSR count). The van der Waals surface area contributed by atoms with Gasteiger partial charge in [-0.15, -0.1) is 0 Å². The molecule has 0 amide bonds. The summed E-state index contributed by atoms with van der Waals surface area (Å²) in [7, 11) is 1.73. The van der Waals surface area contributed by atoms with Crippen LogP contribution in [-0.4, -0.2) is 22.3 Å². The molecule has 3 N–H and O–H groups in total. The highest BCUT2D eigenvalue weighted by atomic mass is 16.5. The van der Waals surface area contributed by atoms with Crippen molar-refractivity contribution < 1.29 is 4.74 Å². The number of nitrogens with one attached hydrogen (secondary N) is 1. The first-order valence-corrected chi connectivity index (χ1v) is 5.41. The van der Waals surface area contributed by atoms with Gasteiger partial charge in [-0.2, -0.15) is 5.10 Å². The highest BCUT2D eigenvalue weighted by molar-refractivity contribution is 5.07. The SMILES string of the molecule is COC1(c2n[nH]c(C(C)N)n2)CCCC1. The molecule has 1 aromatic rings. The van der Waals surface area contributed by atoms with Crippen LogP contribution in [0.2, 0.25) is 0 Å². The first-order chi connectivity index (χ1) is 7.18. The fourth-order valence-corrected chi connectivity index (χ4v) is 2.15. The molecule has 0 saturated heterocycles. The maximum Gasteiger partial charge on any atom is 0.182 e. The van der Waals surface area contributed by atoms with E-state index in [2.05, 4.69) is 15.2 Å². The molecule has 1 aliphatic carbocycles. The van der Waals surface area contributed by atoms with Crippen LogP contribution in [0.25, 0.3) is 0 Å². The van der Waals surface area contributed by atoms with Crippen molar-refractivity contribution in [3.05, 3.63) is 11.6 Å². The molecule has 1 aliphatic rings. The lowest BCUT2D eigenvalue weighted by molar-refractivity contribution is -0.0160. The average Bonchev–Trinajstić information content (AvgIpc) is 2.87. The highest BCUT2D eigenvalue weighted by Gasteiger charge is 2.39. The molecule has 1 fully saturated rings. The quantitative estimate of drug-likeness (QED) is 0.787. The lowest BCUT2D eigenvalue weighted by Gasteiger charge is -2.23. The number of aromatic amines is 1. The van der Waals surface area contributed by atoms with E-state index >= 15 is 0 Å². The Labute approximate surface area is 89.4 Å². The summed E-state index contributed by atoms with van der Waals surface area (Å²) in [6, 6.07) is -0.110. The normalized spacial score (nSPS) is 21.8. The monoisotopic (exact) mass is 210 g/mol. The van der Waals surface area contributed by atoms with Gasteiger partial charge < -0.3 is 10.5 Å². The molecule has 0 aromatic carbocycles. The number of hydrogen-bond acceptors (Lipinski definition) is 4. The molecule has 5 nitrogen and oxygen atoms in total. The van der Waals surface area contributed by atoms with Crippen molar-refractivity contribution >= 4 is 0 Å². The van der Waals surface area contributed by atoms with E-state index in [1.807, 2.05) is 6.92 Å². The van der Waals surface area contributed by atoms with E-state index in [1.165, 1.54) is 12.8 Å². The standard InChI is InChI=1S/C10H18N4O/c1-7(11)8-12-9(14-13-8)10(15-2)5-3-4-6-10/h7H,3-6,11H2,1-2H3,(H,12,13,14). The lowest BCUT2D eigenvalue weighted by Crippen LogP contribution is -2.26. The van der Waals surface area contributed by atoms with E-state index in [9.17, 15) is 0 Å². The Morgan fingerprint density at radius 3 is 2.60 bits per heavy atom. The summed E-state index contributed by atoms with van der Waals surface area (Å²) in [6.07, 6.45) is 4.35. The minimum absolute atomic E-state index is 0.110. The third-order valence-corrected chi connectivity index (χ3v) is 3.14. The number of H-pyrrole nitrogens is 1. The Hall–Kier alpha value is -0.940. The summed E-state index contributed by atoms with van der Waals surface area (Å²) in [5, 5.41) is 7.10. The fraction of sp³-hybridized carbons (Fsp3) is 0.800. The number of nitrogens with two attached hydrogens (primary N) is 1. The maximum absolute atomic E-state index is 5.74. The maximum atomic E-state index is 5.74. The molecule has 1 aromatic heterocycles. The van der Waals surface area contributed by atoms with E-state index in [-0.39, 0.29) is 11.6 Å². The number of hydrogen-bond donors (Lipinski definition) is 2. The molecule has 84 valence electrons. The zero-order valence-corrected chi connectivity index (χ0v) is 9.29. The third-order valence-electron chi connectivity index (χ3n) is 3.14. The molecular weight excluding hydrogens is 192 g/mol. The molecular formula is C10H18N4O. The topological polar surface area (TPSA) is 76.8 Å². The van der Waals surface area contributed by atoms with Crippen LogP contribution in [0.3, 0.4) is 0 Å². The van der Waals surface area contributed by atoms with Crippen LogP contribution < -0.4 is 5.73 Å². The summed E-state index contributed by atoms with van der Waals surface area (Å²) >= 11 is 0. The second-order valence-corrected chi connectivity index (χ2v) is 4.24. The Morgan fingerprint density at radius 1 is 1.47 bits per heavy atom. The number of nitrogens with zero attached hydrogens (tertiary/aromatic N) is 2. The van der Waals surface area contributed by atoms with Crippen LogP contribution in [0.5, 0.6) is 0 Å². The predicted molar refractivity (Wildman–Crippen MR) is 56.1 cm³/mol. The van der Waals surface area contributed by atoms with Crippen molar-refractivity contribution in [2.24, 2.45) is 5.73 Å². The lowest BCUT2D eigenvalue weighted by atomic mass is 10.0. The molecule has 1 atom stereocenters. The molecule has 1 heterocycles. The number of ether oxygens (including phenoxy) is 1. The number of methoxy groups -OCH3 is 1. The van der Waals surface area contributed by atoms with E-state index < -0.39 is 0 Å². The van der Waals surface area contributed by atoms with Gasteiger partial charge in [0.15, 0.2) is 5.82 Å². The summed E-state index contributed by atoms with van der Waals surface area (Å²) in [6.45, 7) is 1.89. The van der Waals surface area contributed by atoms with Crippen LogP contribution in [0, 0.1) is 0 Å². The summed E-state index contributed by atoms with van der Waals surface area (Å²) in [5.41, 5.74) is 5.46. The minimum atomic E-state index is -0.274. The molecule has 1 unspecified atom stereocenters. The van der Waals surface area contributed by atoms with Gasteiger partial charge in [-0.05, 0) is 32.6 Å². The van der Waals surface area contributed by atoms with Crippen molar-refractivity contribution in [2.75, 3.05) is 7.11 Å². The highest BCUT2D eigenvalue weighted by Crippen LogP contribution is 2.39. The first kappa shape index (κ1) is 10.6. The molecule has 0 aliphatic heterocycles. The predicted octanol–water partition coefficient (Wildman–Crippen LogP) is 1.24. The van der Waals surface area contributed by atoms with Crippen LogP contribution >= 0.6 is 0 Å². The second kappa shape index (κ2) is 3.90. The second-order valence-electron chi connectivity index (χ2n) is 4.24. The van der Waals surface area contributed by atoms with Gasteiger partial charge in [0, 0.05) is 7.11 Å². The van der Waals surface area contributed by atoms with Crippen LogP contribution in [0.1, 0.15) is 50.3 Å². The van der Waals surface area contributed by atoms with Gasteiger partial charge in [0.2, 0.25) is 0 Å². The zero-order valence-electron chi connectivity index (χ0n) is 9.29. The van der Waals surface area contributed by atoms with Crippen molar-refractivity contribution in [3.8, 4) is 0 Å². The smallest absolute Gasteiger partial charge is 0.182 e. The van der Waals surface area contributed by atoms with Gasteiger partial charge in [0.25, 0.3) is 0 Å². The molecule has 0 bridgehead atoms. The van der Waals surface area contributed by atoms with Crippen LogP contribution in [-0.2, 0) is 10.3 Å². The van der Waals surface area contributed by atoms with Crippen molar-refractivity contribution in [2.45, 2.75) is 44.2 Å². The van der Waals surface area contributed by atoms with Gasteiger partial charge in [-0.25, -0.2) is 4.98 Å². The van der Waals surface area contributed by atoms with Gasteiger partial charge in [-0.3, -0.25) is 5.10 Å². The minimum Gasteiger partial charge on any atom is -0.370 e. The van der Waals surface area contributed by atoms with Gasteiger partial charge in [-0.1, -0.05) is 0 Å². The van der Waals surface area contributed by atoms with Crippen LogP contribution in [0.15, 0.2) is 0 Å². The third kappa shape index (κ3) is 1.77. The molecule has 5 heteroatoms. The summed E-state index contributed by atoms with van der Waals surface area (Å²) in [5.74, 6) is 1.49. The summed E-state index contributed by atoms with van der Waals surface area (Å²) < 4.78 is 5.59. The number of rotatable bonds is 3. The Balaban J connectivity index is 2.27. The van der Waals surface area contributed by atoms with Gasteiger partial charge in [0.1, 0.15) is 11.4 Å². The van der Waals surface area contributed by atoms with E-state index in [4.69, 9.17) is 10.5 Å². The average molecular weight is 210 g/mol. The Bertz CT molecular complexity index is 328. The largest absolute Gasteiger partial charge is 0.370 e. The molecule has 1 saturated carbocycles. The van der Waals surface area contributed by atoms with Crippen molar-refractivity contribution in [1.82, 2.24) is 15.2 Å². The Kier molecular flexibility index (Phi) is 2.75. The van der Waals surface area contributed by atoms with Gasteiger partial charge in [0.05, 0.1) is 6.04 Å². The van der Waals surface area contributed by atoms with E-state index in [0.29, 0.717) is 0 Å². The molecule has 0 spiro atoms. The van der Waals surface area contributed by atoms with Crippen molar-refractivity contribution in [3.63, 3.8) is 0 Å². The fourth-order valence-electron chi connectivity index (χ4n) is 2.15. The molecule has 15 heavy (non-hydrogen) atoms. The summed E-state index contributed by atoms with van der Waals surface area (Å²) in [4.78, 5) is 4.42. The van der Waals surface area contributed by atoms with Crippen molar-refractivity contribution in [1.29, 1.82) is 0 Å². The van der Waals surface area contributed by atoms with E-state index in [0.717, 1.165) is 24.5 Å². The Morgan fingerprint density at radius 2 is 2.13 bits per heavy atom. The van der Waals surface area contributed by atoms with E-state index in [1.54, 1.807) is 7.11 Å². The molecule has 0 radical (unpaired) electrons.